The van der Waals surface area contributed by atoms with E-state index in [0.29, 0.717) is 36.4 Å². The fraction of sp³-hybridized carbons (Fsp3) is 0.364. The molecule has 0 saturated heterocycles. The molecule has 0 fully saturated rings. The third kappa shape index (κ3) is 7.39. The smallest absolute Gasteiger partial charge is 0.382 e. The van der Waals surface area contributed by atoms with Gasteiger partial charge in [0.2, 0.25) is 0 Å². The summed E-state index contributed by atoms with van der Waals surface area (Å²) in [6.07, 6.45) is -0.647. The highest BCUT2D eigenvalue weighted by molar-refractivity contribution is 7.15. The zero-order valence-corrected chi connectivity index (χ0v) is 19.5. The summed E-state index contributed by atoms with van der Waals surface area (Å²) >= 11 is 1.29. The van der Waals surface area contributed by atoms with Crippen molar-refractivity contribution in [3.8, 4) is 0 Å². The Kier molecular flexibility index (Phi) is 8.77. The Morgan fingerprint density at radius 3 is 2.65 bits per heavy atom. The molecule has 3 aromatic rings. The van der Waals surface area contributed by atoms with Crippen LogP contribution in [0.25, 0.3) is 0 Å². The molecule has 34 heavy (non-hydrogen) atoms. The Morgan fingerprint density at radius 1 is 1.18 bits per heavy atom. The first-order chi connectivity index (χ1) is 16.3. The van der Waals surface area contributed by atoms with Crippen LogP contribution in [0.3, 0.4) is 0 Å². The van der Waals surface area contributed by atoms with Gasteiger partial charge in [-0.15, -0.1) is 0 Å². The number of benzene rings is 1. The number of nitrogens with zero attached hydrogens (tertiary/aromatic N) is 3. The zero-order chi connectivity index (χ0) is 24.6. The molecule has 3 N–H and O–H groups in total. The minimum Gasteiger partial charge on any atom is -0.382 e. The van der Waals surface area contributed by atoms with E-state index in [0.717, 1.165) is 23.4 Å². The Hall–Kier alpha value is -3.25. The molecule has 2 aromatic heterocycles. The van der Waals surface area contributed by atoms with Crippen LogP contribution in [0.5, 0.6) is 0 Å². The van der Waals surface area contributed by atoms with Crippen molar-refractivity contribution in [1.82, 2.24) is 20.3 Å². The average Bonchev–Trinajstić information content (AvgIpc) is 3.27. The van der Waals surface area contributed by atoms with Gasteiger partial charge in [-0.25, -0.2) is 15.0 Å². The van der Waals surface area contributed by atoms with Crippen molar-refractivity contribution in [3.05, 3.63) is 59.0 Å². The van der Waals surface area contributed by atoms with Crippen LogP contribution < -0.4 is 16.0 Å². The summed E-state index contributed by atoms with van der Waals surface area (Å²) < 4.78 is 43.4. The van der Waals surface area contributed by atoms with Gasteiger partial charge in [0.1, 0.15) is 17.8 Å². The number of hydrogen-bond donors (Lipinski definition) is 3. The third-order valence-corrected chi connectivity index (χ3v) is 5.73. The molecule has 182 valence electrons. The van der Waals surface area contributed by atoms with E-state index in [4.69, 9.17) is 4.74 Å². The van der Waals surface area contributed by atoms with Gasteiger partial charge >= 0.3 is 6.18 Å². The maximum absolute atomic E-state index is 12.7. The quantitative estimate of drug-likeness (QED) is 0.322. The minimum absolute atomic E-state index is 0.224. The van der Waals surface area contributed by atoms with Gasteiger partial charge in [0.25, 0.3) is 5.91 Å². The molecule has 0 bridgehead atoms. The summed E-state index contributed by atoms with van der Waals surface area (Å²) in [6.45, 7) is 5.71. The predicted molar refractivity (Wildman–Crippen MR) is 124 cm³/mol. The second kappa shape index (κ2) is 11.7. The lowest BCUT2D eigenvalue weighted by Crippen LogP contribution is -2.27. The molecule has 2 heterocycles. The number of rotatable bonds is 11. The normalized spacial score (nSPS) is 12.3. The molecule has 3 rings (SSSR count). The van der Waals surface area contributed by atoms with Crippen LogP contribution in [0.2, 0.25) is 0 Å². The van der Waals surface area contributed by atoms with Crippen LogP contribution in [0.15, 0.2) is 42.9 Å². The summed E-state index contributed by atoms with van der Waals surface area (Å²) in [7, 11) is 0. The van der Waals surface area contributed by atoms with Crippen molar-refractivity contribution in [1.29, 1.82) is 0 Å². The molecule has 1 amide bonds. The summed E-state index contributed by atoms with van der Waals surface area (Å²) in [5, 5.41) is 9.47. The SMILES string of the molecule is CCOCCCNc1cc(C(=O)NC(C)c2cnc(Nc3ccc(C(F)(F)F)cc3)s2)ncn1. The zero-order valence-electron chi connectivity index (χ0n) is 18.6. The third-order valence-electron chi connectivity index (χ3n) is 4.64. The van der Waals surface area contributed by atoms with E-state index >= 15 is 0 Å². The topological polar surface area (TPSA) is 101 Å². The Bertz CT molecular complexity index is 1080. The average molecular weight is 495 g/mol. The van der Waals surface area contributed by atoms with Crippen LogP contribution in [0.4, 0.5) is 29.8 Å². The van der Waals surface area contributed by atoms with Crippen molar-refractivity contribution < 1.29 is 22.7 Å². The maximum atomic E-state index is 12.7. The van der Waals surface area contributed by atoms with Gasteiger partial charge in [-0.1, -0.05) is 11.3 Å². The van der Waals surface area contributed by atoms with Gasteiger partial charge in [-0.05, 0) is 44.5 Å². The molecule has 1 atom stereocenters. The largest absolute Gasteiger partial charge is 0.416 e. The van der Waals surface area contributed by atoms with E-state index in [1.54, 1.807) is 19.2 Å². The molecule has 1 aromatic carbocycles. The fourth-order valence-electron chi connectivity index (χ4n) is 2.87. The monoisotopic (exact) mass is 494 g/mol. The summed E-state index contributed by atoms with van der Waals surface area (Å²) in [6, 6.07) is 5.91. The maximum Gasteiger partial charge on any atom is 0.416 e. The molecule has 12 heteroatoms. The number of hydrogen-bond acceptors (Lipinski definition) is 8. The number of carbonyl (C=O) groups is 1. The van der Waals surface area contributed by atoms with Crippen molar-refractivity contribution in [2.45, 2.75) is 32.5 Å². The summed E-state index contributed by atoms with van der Waals surface area (Å²) in [5.41, 5.74) is -0.0163. The standard InChI is InChI=1S/C22H25F3N6O2S/c1-3-33-10-4-9-26-19-11-17(28-13-29-19)20(32)30-14(2)18-12-27-21(34-18)31-16-7-5-15(6-8-16)22(23,24)25/h5-8,11-14H,3-4,9-10H2,1-2H3,(H,27,31)(H,30,32)(H,26,28,29). The van der Waals surface area contributed by atoms with Crippen molar-refractivity contribution in [2.75, 3.05) is 30.4 Å². The van der Waals surface area contributed by atoms with E-state index in [1.165, 1.54) is 29.8 Å². The fourth-order valence-corrected chi connectivity index (χ4v) is 3.70. The van der Waals surface area contributed by atoms with Crippen molar-refractivity contribution in [2.24, 2.45) is 0 Å². The molecular formula is C22H25F3N6O2S. The summed E-state index contributed by atoms with van der Waals surface area (Å²) in [5.74, 6) is 0.183. The van der Waals surface area contributed by atoms with Crippen molar-refractivity contribution in [3.63, 3.8) is 0 Å². The van der Waals surface area contributed by atoms with E-state index in [1.807, 2.05) is 6.92 Å². The van der Waals surface area contributed by atoms with Gasteiger partial charge in [0.05, 0.1) is 11.6 Å². The van der Waals surface area contributed by atoms with Gasteiger partial charge in [0, 0.05) is 42.6 Å². The number of amides is 1. The van der Waals surface area contributed by atoms with E-state index < -0.39 is 11.7 Å². The molecule has 1 unspecified atom stereocenters. The van der Waals surface area contributed by atoms with Crippen LogP contribution in [0, 0.1) is 0 Å². The molecule has 0 saturated carbocycles. The van der Waals surface area contributed by atoms with Gasteiger partial charge in [-0.2, -0.15) is 13.2 Å². The second-order valence-corrected chi connectivity index (χ2v) is 8.29. The van der Waals surface area contributed by atoms with Gasteiger partial charge < -0.3 is 20.7 Å². The minimum atomic E-state index is -4.38. The Morgan fingerprint density at radius 2 is 1.94 bits per heavy atom. The molecule has 0 aliphatic rings. The lowest BCUT2D eigenvalue weighted by Gasteiger charge is -2.12. The number of nitrogens with one attached hydrogen (secondary N) is 3. The number of carbonyl (C=O) groups excluding carboxylic acids is 1. The molecule has 8 nitrogen and oxygen atoms in total. The van der Waals surface area contributed by atoms with E-state index in [9.17, 15) is 18.0 Å². The first-order valence-electron chi connectivity index (χ1n) is 10.6. The number of halogens is 3. The van der Waals surface area contributed by atoms with Crippen molar-refractivity contribution >= 4 is 33.9 Å². The number of anilines is 3. The molecule has 0 spiro atoms. The number of ether oxygens (including phenoxy) is 1. The summed E-state index contributed by atoms with van der Waals surface area (Å²) in [4.78, 5) is 25.8. The number of alkyl halides is 3. The van der Waals surface area contributed by atoms with Gasteiger partial charge in [-0.3, -0.25) is 4.79 Å². The van der Waals surface area contributed by atoms with Crippen LogP contribution in [0.1, 0.15) is 47.2 Å². The van der Waals surface area contributed by atoms with Crippen LogP contribution in [-0.4, -0.2) is 40.6 Å². The van der Waals surface area contributed by atoms with Gasteiger partial charge in [0.15, 0.2) is 5.13 Å². The number of thiazole rings is 1. The van der Waals surface area contributed by atoms with Crippen LogP contribution in [-0.2, 0) is 10.9 Å². The van der Waals surface area contributed by atoms with E-state index in [-0.39, 0.29) is 17.6 Å². The molecular weight excluding hydrogens is 469 g/mol. The highest BCUT2D eigenvalue weighted by Gasteiger charge is 2.30. The Balaban J connectivity index is 1.54. The molecule has 0 radical (unpaired) electrons. The highest BCUT2D eigenvalue weighted by Crippen LogP contribution is 2.31. The highest BCUT2D eigenvalue weighted by atomic mass is 32.1. The first kappa shape index (κ1) is 25.4. The van der Waals surface area contributed by atoms with E-state index in [2.05, 4.69) is 30.9 Å². The Labute approximate surface area is 199 Å². The van der Waals surface area contributed by atoms with Crippen LogP contribution >= 0.6 is 11.3 Å². The number of aromatic nitrogens is 3. The lowest BCUT2D eigenvalue weighted by atomic mass is 10.2. The lowest BCUT2D eigenvalue weighted by molar-refractivity contribution is -0.137. The second-order valence-electron chi connectivity index (χ2n) is 7.23. The first-order valence-corrected chi connectivity index (χ1v) is 11.4. The molecule has 0 aliphatic heterocycles. The predicted octanol–water partition coefficient (Wildman–Crippen LogP) is 5.03. The molecule has 0 aliphatic carbocycles.